The second-order valence-corrected chi connectivity index (χ2v) is 7.10. The summed E-state index contributed by atoms with van der Waals surface area (Å²) in [5.74, 6) is -0.132. The van der Waals surface area contributed by atoms with Gasteiger partial charge in [0, 0.05) is 18.0 Å². The van der Waals surface area contributed by atoms with Gasteiger partial charge in [-0.15, -0.1) is 11.3 Å². The lowest BCUT2D eigenvalue weighted by molar-refractivity contribution is 0.0930. The first-order valence-electron chi connectivity index (χ1n) is 7.43. The van der Waals surface area contributed by atoms with Crippen LogP contribution in [0.15, 0.2) is 35.7 Å². The van der Waals surface area contributed by atoms with E-state index in [1.807, 2.05) is 25.1 Å². The largest absolute Gasteiger partial charge is 0.348 e. The molecule has 1 aromatic carbocycles. The van der Waals surface area contributed by atoms with Crippen molar-refractivity contribution in [2.24, 2.45) is 5.73 Å². The highest BCUT2D eigenvalue weighted by Gasteiger charge is 2.24. The number of nitrogens with one attached hydrogen (secondary N) is 1. The number of hydrogen-bond acceptors (Lipinski definition) is 4. The van der Waals surface area contributed by atoms with E-state index in [2.05, 4.69) is 36.3 Å². The number of hydrogen-bond donors (Lipinski definition) is 2. The molecule has 5 heteroatoms. The third kappa shape index (κ3) is 4.15. The molecule has 1 aromatic heterocycles. The molecule has 0 saturated carbocycles. The molecule has 0 aliphatic carbocycles. The number of rotatable bonds is 6. The summed E-state index contributed by atoms with van der Waals surface area (Å²) in [5.41, 5.74) is 7.25. The summed E-state index contributed by atoms with van der Waals surface area (Å²) in [5, 5.41) is 5.56. The number of thiazole rings is 1. The summed E-state index contributed by atoms with van der Waals surface area (Å²) < 4.78 is 0. The zero-order valence-electron chi connectivity index (χ0n) is 13.3. The van der Waals surface area contributed by atoms with Crippen LogP contribution in [0, 0.1) is 0 Å². The quantitative estimate of drug-likeness (QED) is 0.860. The molecular weight excluding hydrogens is 294 g/mol. The van der Waals surface area contributed by atoms with Gasteiger partial charge in [-0.1, -0.05) is 44.2 Å². The Hall–Kier alpha value is -1.72. The fourth-order valence-electron chi connectivity index (χ4n) is 2.63. The average Bonchev–Trinajstić information content (AvgIpc) is 2.96. The molecule has 1 atom stereocenters. The molecule has 0 saturated heterocycles. The maximum atomic E-state index is 12.2. The molecule has 1 heterocycles. The Labute approximate surface area is 135 Å². The van der Waals surface area contributed by atoms with Gasteiger partial charge in [0.25, 0.3) is 5.91 Å². The summed E-state index contributed by atoms with van der Waals surface area (Å²) in [6.07, 6.45) is 0.858. The third-order valence-electron chi connectivity index (χ3n) is 3.71. The number of benzene rings is 1. The minimum atomic E-state index is -0.132. The standard InChI is InChI=1S/C17H23N3OS/c1-12(9-17(2,3)13-7-5-4-6-8-13)19-16(21)14-11-22-15(10-18)20-14/h4-8,11-12H,9-10,18H2,1-3H3,(H,19,21). The van der Waals surface area contributed by atoms with Crippen LogP contribution in [0.5, 0.6) is 0 Å². The average molecular weight is 317 g/mol. The summed E-state index contributed by atoms with van der Waals surface area (Å²) >= 11 is 1.42. The second kappa shape index (κ2) is 7.03. The van der Waals surface area contributed by atoms with E-state index in [0.717, 1.165) is 11.4 Å². The highest BCUT2D eigenvalue weighted by atomic mass is 32.1. The normalized spacial score (nSPS) is 12.9. The Kier molecular flexibility index (Phi) is 5.32. The van der Waals surface area contributed by atoms with Gasteiger partial charge < -0.3 is 11.1 Å². The van der Waals surface area contributed by atoms with Gasteiger partial charge >= 0.3 is 0 Å². The summed E-state index contributed by atoms with van der Waals surface area (Å²) in [6, 6.07) is 10.4. The van der Waals surface area contributed by atoms with Gasteiger partial charge in [0.05, 0.1) is 0 Å². The SMILES string of the molecule is CC(CC(C)(C)c1ccccc1)NC(=O)c1csc(CN)n1. The highest BCUT2D eigenvalue weighted by molar-refractivity contribution is 7.09. The highest BCUT2D eigenvalue weighted by Crippen LogP contribution is 2.28. The Morgan fingerprint density at radius 2 is 2.05 bits per heavy atom. The summed E-state index contributed by atoms with van der Waals surface area (Å²) in [6.45, 7) is 6.79. The van der Waals surface area contributed by atoms with Gasteiger partial charge in [-0.3, -0.25) is 4.79 Å². The van der Waals surface area contributed by atoms with Crippen LogP contribution in [0.2, 0.25) is 0 Å². The van der Waals surface area contributed by atoms with E-state index in [1.165, 1.54) is 16.9 Å². The number of amides is 1. The number of nitrogens with zero attached hydrogens (tertiary/aromatic N) is 1. The van der Waals surface area contributed by atoms with Crippen LogP contribution in [0.4, 0.5) is 0 Å². The Morgan fingerprint density at radius 1 is 1.36 bits per heavy atom. The van der Waals surface area contributed by atoms with Gasteiger partial charge in [0.15, 0.2) is 0 Å². The number of carbonyl (C=O) groups excluding carboxylic acids is 1. The van der Waals surface area contributed by atoms with E-state index in [1.54, 1.807) is 5.38 Å². The van der Waals surface area contributed by atoms with Crippen LogP contribution in [-0.2, 0) is 12.0 Å². The lowest BCUT2D eigenvalue weighted by Gasteiger charge is -2.29. The van der Waals surface area contributed by atoms with Gasteiger partial charge in [0.1, 0.15) is 10.7 Å². The van der Waals surface area contributed by atoms with E-state index in [9.17, 15) is 4.79 Å². The molecule has 118 valence electrons. The van der Waals surface area contributed by atoms with Crippen molar-refractivity contribution in [3.63, 3.8) is 0 Å². The first-order valence-corrected chi connectivity index (χ1v) is 8.31. The van der Waals surface area contributed by atoms with Crippen molar-refractivity contribution in [1.82, 2.24) is 10.3 Å². The molecule has 0 fully saturated rings. The van der Waals surface area contributed by atoms with Crippen molar-refractivity contribution in [1.29, 1.82) is 0 Å². The molecule has 0 radical (unpaired) electrons. The lowest BCUT2D eigenvalue weighted by Crippen LogP contribution is -2.37. The van der Waals surface area contributed by atoms with Crippen molar-refractivity contribution in [2.75, 3.05) is 0 Å². The van der Waals surface area contributed by atoms with E-state index in [-0.39, 0.29) is 17.4 Å². The molecule has 0 aliphatic heterocycles. The predicted octanol–water partition coefficient (Wildman–Crippen LogP) is 3.09. The molecule has 1 amide bonds. The van der Waals surface area contributed by atoms with Crippen molar-refractivity contribution >= 4 is 17.2 Å². The first kappa shape index (κ1) is 16.6. The topological polar surface area (TPSA) is 68.0 Å². The Balaban J connectivity index is 1.97. The van der Waals surface area contributed by atoms with E-state index in [0.29, 0.717) is 12.2 Å². The Morgan fingerprint density at radius 3 is 2.64 bits per heavy atom. The molecule has 0 aliphatic rings. The van der Waals surface area contributed by atoms with Crippen molar-refractivity contribution in [3.8, 4) is 0 Å². The zero-order chi connectivity index (χ0) is 16.2. The van der Waals surface area contributed by atoms with Crippen LogP contribution in [-0.4, -0.2) is 16.9 Å². The van der Waals surface area contributed by atoms with Gasteiger partial charge in [-0.25, -0.2) is 4.98 Å². The van der Waals surface area contributed by atoms with Gasteiger partial charge in [-0.05, 0) is 24.3 Å². The van der Waals surface area contributed by atoms with Crippen LogP contribution in [0.25, 0.3) is 0 Å². The van der Waals surface area contributed by atoms with E-state index in [4.69, 9.17) is 5.73 Å². The van der Waals surface area contributed by atoms with E-state index < -0.39 is 0 Å². The van der Waals surface area contributed by atoms with Crippen LogP contribution >= 0.6 is 11.3 Å². The zero-order valence-corrected chi connectivity index (χ0v) is 14.1. The molecule has 2 rings (SSSR count). The summed E-state index contributed by atoms with van der Waals surface area (Å²) in [7, 11) is 0. The molecule has 0 bridgehead atoms. The van der Waals surface area contributed by atoms with Crippen molar-refractivity contribution < 1.29 is 4.79 Å². The fraction of sp³-hybridized carbons (Fsp3) is 0.412. The molecule has 4 nitrogen and oxygen atoms in total. The molecule has 3 N–H and O–H groups in total. The van der Waals surface area contributed by atoms with Crippen LogP contribution in [0.1, 0.15) is 48.3 Å². The number of nitrogens with two attached hydrogens (primary N) is 1. The third-order valence-corrected chi connectivity index (χ3v) is 4.58. The maximum absolute atomic E-state index is 12.2. The molecular formula is C17H23N3OS. The lowest BCUT2D eigenvalue weighted by atomic mass is 9.79. The maximum Gasteiger partial charge on any atom is 0.270 e. The minimum absolute atomic E-state index is 0.00154. The minimum Gasteiger partial charge on any atom is -0.348 e. The fourth-order valence-corrected chi connectivity index (χ4v) is 3.29. The smallest absolute Gasteiger partial charge is 0.270 e. The van der Waals surface area contributed by atoms with Crippen LogP contribution in [0.3, 0.4) is 0 Å². The van der Waals surface area contributed by atoms with Crippen LogP contribution < -0.4 is 11.1 Å². The predicted molar refractivity (Wildman–Crippen MR) is 91.0 cm³/mol. The van der Waals surface area contributed by atoms with E-state index >= 15 is 0 Å². The number of aromatic nitrogens is 1. The molecule has 0 spiro atoms. The molecule has 2 aromatic rings. The monoisotopic (exact) mass is 317 g/mol. The summed E-state index contributed by atoms with van der Waals surface area (Å²) in [4.78, 5) is 16.4. The molecule has 1 unspecified atom stereocenters. The number of carbonyl (C=O) groups is 1. The van der Waals surface area contributed by atoms with Gasteiger partial charge in [0.2, 0.25) is 0 Å². The Bertz CT molecular complexity index is 622. The molecule has 22 heavy (non-hydrogen) atoms. The van der Waals surface area contributed by atoms with Crippen molar-refractivity contribution in [3.05, 3.63) is 52.0 Å². The van der Waals surface area contributed by atoms with Crippen molar-refractivity contribution in [2.45, 2.75) is 45.2 Å². The second-order valence-electron chi connectivity index (χ2n) is 6.16. The van der Waals surface area contributed by atoms with Gasteiger partial charge in [-0.2, -0.15) is 0 Å². The first-order chi connectivity index (χ1) is 10.4.